The zero-order valence-electron chi connectivity index (χ0n) is 17.3. The molecular weight excluding hydrogens is 378 g/mol. The van der Waals surface area contributed by atoms with Gasteiger partial charge in [-0.1, -0.05) is 30.3 Å². The molecule has 0 unspecified atom stereocenters. The average Bonchev–Trinajstić information content (AvgIpc) is 2.79. The highest BCUT2D eigenvalue weighted by molar-refractivity contribution is 6.04. The van der Waals surface area contributed by atoms with E-state index < -0.39 is 0 Å². The van der Waals surface area contributed by atoms with Gasteiger partial charge in [0.2, 0.25) is 5.88 Å². The summed E-state index contributed by atoms with van der Waals surface area (Å²) in [4.78, 5) is 31.3. The van der Waals surface area contributed by atoms with Gasteiger partial charge in [0.15, 0.2) is 0 Å². The Labute approximate surface area is 176 Å². The summed E-state index contributed by atoms with van der Waals surface area (Å²) in [6.45, 7) is 4.22. The van der Waals surface area contributed by atoms with Crippen LogP contribution in [-0.2, 0) is 0 Å². The first-order chi connectivity index (χ1) is 14.5. The van der Waals surface area contributed by atoms with E-state index in [4.69, 9.17) is 4.74 Å². The van der Waals surface area contributed by atoms with Crippen molar-refractivity contribution in [1.82, 2.24) is 9.88 Å². The second-order valence-electron chi connectivity index (χ2n) is 6.83. The molecule has 0 bridgehead atoms. The molecule has 3 aromatic rings. The van der Waals surface area contributed by atoms with Gasteiger partial charge in [-0.25, -0.2) is 4.98 Å². The van der Waals surface area contributed by atoms with E-state index in [1.165, 1.54) is 0 Å². The number of hydrogen-bond acceptors (Lipinski definition) is 4. The van der Waals surface area contributed by atoms with Crippen LogP contribution in [0.4, 0.5) is 5.69 Å². The maximum atomic E-state index is 13.0. The topological polar surface area (TPSA) is 71.5 Å². The number of carbonyl (C=O) groups is 2. The first-order valence-corrected chi connectivity index (χ1v) is 9.82. The summed E-state index contributed by atoms with van der Waals surface area (Å²) in [5.74, 6) is -0.0350. The van der Waals surface area contributed by atoms with Gasteiger partial charge in [0.25, 0.3) is 11.8 Å². The minimum atomic E-state index is -0.222. The highest BCUT2D eigenvalue weighted by Crippen LogP contribution is 2.25. The van der Waals surface area contributed by atoms with E-state index >= 15 is 0 Å². The highest BCUT2D eigenvalue weighted by Gasteiger charge is 2.22. The molecule has 0 fully saturated rings. The molecule has 2 amide bonds. The molecule has 0 saturated heterocycles. The molecule has 6 heteroatoms. The predicted molar refractivity (Wildman–Crippen MR) is 117 cm³/mol. The van der Waals surface area contributed by atoms with Gasteiger partial charge in [-0.2, -0.15) is 0 Å². The van der Waals surface area contributed by atoms with Crippen LogP contribution in [0.2, 0.25) is 0 Å². The summed E-state index contributed by atoms with van der Waals surface area (Å²) >= 11 is 0. The minimum Gasteiger partial charge on any atom is -0.477 e. The first kappa shape index (κ1) is 21.0. The van der Waals surface area contributed by atoms with Crippen LogP contribution in [0.3, 0.4) is 0 Å². The molecule has 2 aromatic carbocycles. The van der Waals surface area contributed by atoms with Gasteiger partial charge in [0, 0.05) is 24.5 Å². The number of pyridine rings is 1. The lowest BCUT2D eigenvalue weighted by Gasteiger charge is -2.26. The van der Waals surface area contributed by atoms with E-state index in [0.29, 0.717) is 29.3 Å². The molecule has 0 aliphatic rings. The maximum absolute atomic E-state index is 13.0. The maximum Gasteiger partial charge on any atom is 0.259 e. The fourth-order valence-electron chi connectivity index (χ4n) is 3.06. The number of rotatable bonds is 7. The number of aromatic nitrogens is 1. The Morgan fingerprint density at radius 3 is 2.57 bits per heavy atom. The van der Waals surface area contributed by atoms with E-state index in [9.17, 15) is 9.59 Å². The summed E-state index contributed by atoms with van der Waals surface area (Å²) in [7, 11) is 1.74. The molecular formula is C24H25N3O3. The second-order valence-corrected chi connectivity index (χ2v) is 6.83. The van der Waals surface area contributed by atoms with Crippen LogP contribution in [0.5, 0.6) is 5.88 Å². The van der Waals surface area contributed by atoms with Crippen LogP contribution in [-0.4, -0.2) is 35.4 Å². The molecule has 0 aliphatic carbocycles. The number of amides is 2. The smallest absolute Gasteiger partial charge is 0.259 e. The summed E-state index contributed by atoms with van der Waals surface area (Å²) in [6.07, 6.45) is 1.60. The largest absolute Gasteiger partial charge is 0.477 e. The van der Waals surface area contributed by atoms with Crippen molar-refractivity contribution in [2.45, 2.75) is 19.9 Å². The molecule has 0 aliphatic heterocycles. The summed E-state index contributed by atoms with van der Waals surface area (Å²) in [5.41, 5.74) is 2.58. The molecule has 30 heavy (non-hydrogen) atoms. The fourth-order valence-corrected chi connectivity index (χ4v) is 3.06. The average molecular weight is 403 g/mol. The number of ether oxygens (including phenoxy) is 1. The van der Waals surface area contributed by atoms with Crippen LogP contribution in [0.1, 0.15) is 46.2 Å². The van der Waals surface area contributed by atoms with E-state index in [1.807, 2.05) is 56.3 Å². The van der Waals surface area contributed by atoms with Crippen molar-refractivity contribution >= 4 is 17.5 Å². The molecule has 1 N–H and O–H groups in total. The molecule has 0 spiro atoms. The molecule has 0 radical (unpaired) electrons. The van der Waals surface area contributed by atoms with Crippen molar-refractivity contribution in [3.05, 3.63) is 89.6 Å². The van der Waals surface area contributed by atoms with Gasteiger partial charge in [0.1, 0.15) is 5.56 Å². The van der Waals surface area contributed by atoms with Gasteiger partial charge in [0.05, 0.1) is 12.6 Å². The Kier molecular flexibility index (Phi) is 6.80. The van der Waals surface area contributed by atoms with Crippen molar-refractivity contribution in [1.29, 1.82) is 0 Å². The zero-order valence-corrected chi connectivity index (χ0v) is 17.3. The highest BCUT2D eigenvalue weighted by atomic mass is 16.5. The summed E-state index contributed by atoms with van der Waals surface area (Å²) in [5, 5.41) is 2.91. The molecule has 154 valence electrons. The number of benzene rings is 2. The summed E-state index contributed by atoms with van der Waals surface area (Å²) < 4.78 is 5.49. The number of carbonyl (C=O) groups excluding carboxylic acids is 2. The van der Waals surface area contributed by atoms with Gasteiger partial charge in [-0.15, -0.1) is 0 Å². The molecule has 6 nitrogen and oxygen atoms in total. The van der Waals surface area contributed by atoms with Gasteiger partial charge in [-0.05, 0) is 55.8 Å². The van der Waals surface area contributed by atoms with Crippen molar-refractivity contribution in [2.75, 3.05) is 19.0 Å². The minimum absolute atomic E-state index is 0.179. The SMILES string of the molecule is CCOc1ncccc1C(=O)N(C)[C@@H](C)c1cccc(NC(=O)c2ccccc2)c1. The lowest BCUT2D eigenvalue weighted by molar-refractivity contribution is 0.0737. The Bertz CT molecular complexity index is 1020. The van der Waals surface area contributed by atoms with Crippen molar-refractivity contribution in [3.63, 3.8) is 0 Å². The van der Waals surface area contributed by atoms with E-state index in [-0.39, 0.29) is 17.9 Å². The normalized spacial score (nSPS) is 11.4. The third kappa shape index (κ3) is 4.84. The lowest BCUT2D eigenvalue weighted by Crippen LogP contribution is -2.30. The molecule has 1 heterocycles. The van der Waals surface area contributed by atoms with Crippen LogP contribution in [0, 0.1) is 0 Å². The van der Waals surface area contributed by atoms with Crippen LogP contribution >= 0.6 is 0 Å². The monoisotopic (exact) mass is 403 g/mol. The number of hydrogen-bond donors (Lipinski definition) is 1. The Balaban J connectivity index is 1.76. The fraction of sp³-hybridized carbons (Fsp3) is 0.208. The van der Waals surface area contributed by atoms with Crippen LogP contribution in [0.25, 0.3) is 0 Å². The standard InChI is InChI=1S/C24H25N3O3/c1-4-30-23-21(14-9-15-25-23)24(29)27(3)17(2)19-12-8-13-20(16-19)26-22(28)18-10-6-5-7-11-18/h5-17H,4H2,1-3H3,(H,26,28)/t17-/m0/s1. The number of nitrogens with zero attached hydrogens (tertiary/aromatic N) is 2. The molecule has 1 atom stereocenters. The van der Waals surface area contributed by atoms with Crippen molar-refractivity contribution < 1.29 is 14.3 Å². The van der Waals surface area contributed by atoms with E-state index in [0.717, 1.165) is 5.56 Å². The van der Waals surface area contributed by atoms with Crippen molar-refractivity contribution in [3.8, 4) is 5.88 Å². The first-order valence-electron chi connectivity index (χ1n) is 9.82. The molecule has 3 rings (SSSR count). The van der Waals surface area contributed by atoms with E-state index in [2.05, 4.69) is 10.3 Å². The Hall–Kier alpha value is -3.67. The quantitative estimate of drug-likeness (QED) is 0.627. The Morgan fingerprint density at radius 2 is 1.83 bits per heavy atom. The van der Waals surface area contributed by atoms with Gasteiger partial charge >= 0.3 is 0 Å². The third-order valence-corrected chi connectivity index (χ3v) is 4.85. The van der Waals surface area contributed by atoms with Crippen LogP contribution < -0.4 is 10.1 Å². The lowest BCUT2D eigenvalue weighted by atomic mass is 10.1. The van der Waals surface area contributed by atoms with Crippen LogP contribution in [0.15, 0.2) is 72.9 Å². The zero-order chi connectivity index (χ0) is 21.5. The summed E-state index contributed by atoms with van der Waals surface area (Å²) in [6, 6.07) is 19.7. The third-order valence-electron chi connectivity index (χ3n) is 4.85. The second kappa shape index (κ2) is 9.69. The van der Waals surface area contributed by atoms with Gasteiger partial charge in [-0.3, -0.25) is 9.59 Å². The number of nitrogens with one attached hydrogen (secondary N) is 1. The van der Waals surface area contributed by atoms with Gasteiger partial charge < -0.3 is 15.0 Å². The number of anilines is 1. The van der Waals surface area contributed by atoms with Crippen molar-refractivity contribution in [2.24, 2.45) is 0 Å². The predicted octanol–water partition coefficient (Wildman–Crippen LogP) is 4.57. The van der Waals surface area contributed by atoms with E-state index in [1.54, 1.807) is 42.4 Å². The molecule has 0 saturated carbocycles. The Morgan fingerprint density at radius 1 is 1.07 bits per heavy atom. The molecule has 1 aromatic heterocycles.